The summed E-state index contributed by atoms with van der Waals surface area (Å²) in [7, 11) is 1.42. The zero-order valence-electron chi connectivity index (χ0n) is 11.3. The number of nitrogens with one attached hydrogen (secondary N) is 2. The summed E-state index contributed by atoms with van der Waals surface area (Å²) in [5.41, 5.74) is 0.436. The van der Waals surface area contributed by atoms with Crippen molar-refractivity contribution in [2.45, 2.75) is 18.9 Å². The van der Waals surface area contributed by atoms with Crippen molar-refractivity contribution in [3.05, 3.63) is 29.3 Å². The summed E-state index contributed by atoms with van der Waals surface area (Å²) in [5.74, 6) is -1.11. The van der Waals surface area contributed by atoms with Gasteiger partial charge >= 0.3 is 0 Å². The molecule has 7 heteroatoms. The van der Waals surface area contributed by atoms with Crippen LogP contribution in [0.4, 0.5) is 0 Å². The molecule has 0 radical (unpaired) electrons. The summed E-state index contributed by atoms with van der Waals surface area (Å²) in [4.78, 5) is 37.8. The molecule has 1 atom stereocenters. The lowest BCUT2D eigenvalue weighted by Crippen LogP contribution is -2.54. The second-order valence-corrected chi connectivity index (χ2v) is 4.89. The van der Waals surface area contributed by atoms with Gasteiger partial charge in [-0.2, -0.15) is 0 Å². The molecule has 3 rings (SSSR count). The van der Waals surface area contributed by atoms with E-state index < -0.39 is 23.8 Å². The number of hydrogen-bond donors (Lipinski definition) is 2. The van der Waals surface area contributed by atoms with E-state index in [0.29, 0.717) is 12.2 Å². The molecular formula is C14H13N3O4. The maximum absolute atomic E-state index is 12.5. The van der Waals surface area contributed by atoms with Gasteiger partial charge in [-0.15, -0.1) is 0 Å². The number of piperidine rings is 1. The minimum atomic E-state index is -0.879. The van der Waals surface area contributed by atoms with Crippen LogP contribution in [0.2, 0.25) is 0 Å². The lowest BCUT2D eigenvalue weighted by molar-refractivity contribution is -0.124. The van der Waals surface area contributed by atoms with E-state index in [1.54, 1.807) is 18.2 Å². The van der Waals surface area contributed by atoms with E-state index in [1.807, 2.05) is 0 Å². The van der Waals surface area contributed by atoms with E-state index in [9.17, 15) is 14.4 Å². The number of nitrogens with zero attached hydrogens (tertiary/aromatic N) is 1. The number of amides is 3. The highest BCUT2D eigenvalue weighted by Crippen LogP contribution is 2.33. The van der Waals surface area contributed by atoms with Gasteiger partial charge in [-0.1, -0.05) is 6.07 Å². The van der Waals surface area contributed by atoms with Crippen LogP contribution < -0.4 is 10.1 Å². The molecule has 2 N–H and O–H groups in total. The van der Waals surface area contributed by atoms with Crippen molar-refractivity contribution < 1.29 is 19.1 Å². The monoisotopic (exact) mass is 287 g/mol. The number of carbonyl (C=O) groups excluding carboxylic acids is 3. The van der Waals surface area contributed by atoms with Crippen LogP contribution in [-0.2, 0) is 4.79 Å². The average molecular weight is 287 g/mol. The van der Waals surface area contributed by atoms with Crippen LogP contribution in [0.3, 0.4) is 0 Å². The Morgan fingerprint density at radius 2 is 2.05 bits per heavy atom. The molecule has 1 aromatic carbocycles. The second-order valence-electron chi connectivity index (χ2n) is 4.89. The zero-order chi connectivity index (χ0) is 15.1. The SMILES string of the molecule is COc1cccc2c1C(=O)N(C1CCC(=N)NC1=O)C2=O. The molecule has 0 saturated carbocycles. The summed E-state index contributed by atoms with van der Waals surface area (Å²) >= 11 is 0. The van der Waals surface area contributed by atoms with Crippen LogP contribution in [-0.4, -0.2) is 41.6 Å². The molecule has 1 fully saturated rings. The maximum atomic E-state index is 12.5. The Morgan fingerprint density at radius 1 is 1.29 bits per heavy atom. The smallest absolute Gasteiger partial charge is 0.266 e. The molecule has 2 heterocycles. The first-order valence-electron chi connectivity index (χ1n) is 6.47. The Hall–Kier alpha value is -2.70. The third kappa shape index (κ3) is 1.89. The first-order chi connectivity index (χ1) is 10.0. The molecule has 108 valence electrons. The molecule has 0 spiro atoms. The molecule has 0 aromatic heterocycles. The lowest BCUT2D eigenvalue weighted by Gasteiger charge is -2.28. The summed E-state index contributed by atoms with van der Waals surface area (Å²) in [6.45, 7) is 0. The average Bonchev–Trinajstić information content (AvgIpc) is 2.72. The Kier molecular flexibility index (Phi) is 2.97. The van der Waals surface area contributed by atoms with Gasteiger partial charge < -0.3 is 10.1 Å². The van der Waals surface area contributed by atoms with Gasteiger partial charge in [0.05, 0.1) is 24.1 Å². The first-order valence-corrected chi connectivity index (χ1v) is 6.47. The molecular weight excluding hydrogens is 274 g/mol. The summed E-state index contributed by atoms with van der Waals surface area (Å²) < 4.78 is 5.12. The highest BCUT2D eigenvalue weighted by atomic mass is 16.5. The summed E-state index contributed by atoms with van der Waals surface area (Å²) in [5, 5.41) is 9.80. The molecule has 0 bridgehead atoms. The molecule has 1 unspecified atom stereocenters. The van der Waals surface area contributed by atoms with Gasteiger partial charge in [-0.3, -0.25) is 24.7 Å². The number of amidine groups is 1. The fourth-order valence-corrected chi connectivity index (χ4v) is 2.68. The zero-order valence-corrected chi connectivity index (χ0v) is 11.3. The number of benzene rings is 1. The van der Waals surface area contributed by atoms with Gasteiger partial charge in [0.15, 0.2) is 0 Å². The Balaban J connectivity index is 2.00. The predicted molar refractivity (Wildman–Crippen MR) is 72.4 cm³/mol. The van der Waals surface area contributed by atoms with E-state index in [1.165, 1.54) is 7.11 Å². The lowest BCUT2D eigenvalue weighted by atomic mass is 10.0. The maximum Gasteiger partial charge on any atom is 0.266 e. The number of methoxy groups -OCH3 is 1. The second kappa shape index (κ2) is 4.69. The van der Waals surface area contributed by atoms with Gasteiger partial charge in [0.2, 0.25) is 5.91 Å². The molecule has 3 amide bonds. The Bertz CT molecular complexity index is 683. The van der Waals surface area contributed by atoms with E-state index in [4.69, 9.17) is 10.1 Å². The topological polar surface area (TPSA) is 99.6 Å². The van der Waals surface area contributed by atoms with Crippen molar-refractivity contribution in [2.24, 2.45) is 0 Å². The quantitative estimate of drug-likeness (QED) is 0.776. The van der Waals surface area contributed by atoms with Crippen molar-refractivity contribution >= 4 is 23.6 Å². The standard InChI is InChI=1S/C14H13N3O4/c1-21-9-4-2-3-7-11(9)14(20)17(13(7)19)8-5-6-10(15)16-12(8)18/h2-4,8H,5-6H2,1H3,(H2,15,16,18). The van der Waals surface area contributed by atoms with Crippen molar-refractivity contribution in [1.29, 1.82) is 5.41 Å². The predicted octanol–water partition coefficient (Wildman–Crippen LogP) is 0.547. The fraction of sp³-hybridized carbons (Fsp3) is 0.286. The van der Waals surface area contributed by atoms with Crippen LogP contribution in [0.5, 0.6) is 5.75 Å². The number of hydrogen-bond acceptors (Lipinski definition) is 5. The molecule has 2 aliphatic heterocycles. The highest BCUT2D eigenvalue weighted by Gasteiger charge is 2.45. The number of fused-ring (bicyclic) bond motifs is 1. The fourth-order valence-electron chi connectivity index (χ4n) is 2.68. The third-order valence-corrected chi connectivity index (χ3v) is 3.68. The van der Waals surface area contributed by atoms with Crippen molar-refractivity contribution in [3.8, 4) is 5.75 Å². The largest absolute Gasteiger partial charge is 0.496 e. The Labute approximate surface area is 120 Å². The minimum absolute atomic E-state index is 0.102. The number of carbonyl (C=O) groups is 3. The van der Waals surface area contributed by atoms with Crippen LogP contribution in [0.25, 0.3) is 0 Å². The molecule has 1 aromatic rings. The highest BCUT2D eigenvalue weighted by molar-refractivity contribution is 6.24. The van der Waals surface area contributed by atoms with Crippen molar-refractivity contribution in [3.63, 3.8) is 0 Å². The summed E-state index contributed by atoms with van der Waals surface area (Å²) in [6, 6.07) is 3.89. The van der Waals surface area contributed by atoms with E-state index in [-0.39, 0.29) is 23.4 Å². The minimum Gasteiger partial charge on any atom is -0.496 e. The van der Waals surface area contributed by atoms with Crippen LogP contribution in [0.1, 0.15) is 33.6 Å². The Morgan fingerprint density at radius 3 is 2.71 bits per heavy atom. The van der Waals surface area contributed by atoms with Gasteiger partial charge in [-0.05, 0) is 18.6 Å². The molecule has 1 saturated heterocycles. The van der Waals surface area contributed by atoms with Crippen molar-refractivity contribution in [1.82, 2.24) is 10.2 Å². The normalized spacial score (nSPS) is 21.4. The van der Waals surface area contributed by atoms with Crippen LogP contribution >= 0.6 is 0 Å². The van der Waals surface area contributed by atoms with E-state index >= 15 is 0 Å². The number of rotatable bonds is 2. The van der Waals surface area contributed by atoms with Gasteiger partial charge in [0.1, 0.15) is 11.8 Å². The van der Waals surface area contributed by atoms with Gasteiger partial charge in [-0.25, -0.2) is 0 Å². The molecule has 2 aliphatic rings. The number of imide groups is 1. The number of ether oxygens (including phenoxy) is 1. The third-order valence-electron chi connectivity index (χ3n) is 3.68. The molecule has 0 aliphatic carbocycles. The van der Waals surface area contributed by atoms with Crippen molar-refractivity contribution in [2.75, 3.05) is 7.11 Å². The van der Waals surface area contributed by atoms with E-state index in [2.05, 4.69) is 5.32 Å². The van der Waals surface area contributed by atoms with Crippen LogP contribution in [0, 0.1) is 5.41 Å². The molecule has 7 nitrogen and oxygen atoms in total. The van der Waals surface area contributed by atoms with Gasteiger partial charge in [0, 0.05) is 6.42 Å². The molecule has 21 heavy (non-hydrogen) atoms. The first kappa shape index (κ1) is 13.3. The summed E-state index contributed by atoms with van der Waals surface area (Å²) in [6.07, 6.45) is 0.583. The van der Waals surface area contributed by atoms with Gasteiger partial charge in [0.25, 0.3) is 11.8 Å². The van der Waals surface area contributed by atoms with Crippen LogP contribution in [0.15, 0.2) is 18.2 Å². The van der Waals surface area contributed by atoms with E-state index in [0.717, 1.165) is 4.90 Å².